The number of nitrogens with zero attached hydrogens (tertiary/aromatic N) is 1. The number of pyridine rings is 1. The van der Waals surface area contributed by atoms with Crippen molar-refractivity contribution < 1.29 is 17.9 Å². The number of benzene rings is 1. The summed E-state index contributed by atoms with van der Waals surface area (Å²) in [4.78, 5) is 5.03. The average molecular weight is 393 g/mol. The monoisotopic (exact) mass is 393 g/mol. The molecule has 1 saturated carbocycles. The molecular weight excluding hydrogens is 371 g/mol. The maximum absolute atomic E-state index is 13.0. The van der Waals surface area contributed by atoms with Crippen LogP contribution in [0, 0.1) is 0 Å². The molecule has 0 bridgehead atoms. The normalized spacial score (nSPS) is 26.1. The summed E-state index contributed by atoms with van der Waals surface area (Å²) in [5.41, 5.74) is 1.75. The van der Waals surface area contributed by atoms with Gasteiger partial charge in [0.25, 0.3) is 0 Å². The Morgan fingerprint density at radius 2 is 1.93 bits per heavy atom. The molecule has 1 aliphatic heterocycles. The first-order chi connectivity index (χ1) is 12.8. The van der Waals surface area contributed by atoms with Crippen LogP contribution < -0.4 is 0 Å². The summed E-state index contributed by atoms with van der Waals surface area (Å²) < 4.78 is 44.8. The number of halogens is 3. The molecule has 27 heavy (non-hydrogen) atoms. The van der Waals surface area contributed by atoms with Crippen LogP contribution in [0.2, 0.25) is 0 Å². The van der Waals surface area contributed by atoms with Crippen molar-refractivity contribution in [3.63, 3.8) is 0 Å². The highest BCUT2D eigenvalue weighted by atomic mass is 32.2. The number of alkyl halides is 3. The lowest BCUT2D eigenvalue weighted by Crippen LogP contribution is -2.32. The maximum Gasteiger partial charge on any atom is 0.416 e. The predicted molar refractivity (Wildman–Crippen MR) is 99.8 cm³/mol. The Kier molecular flexibility index (Phi) is 4.97. The highest BCUT2D eigenvalue weighted by molar-refractivity contribution is 8.00. The van der Waals surface area contributed by atoms with E-state index in [4.69, 9.17) is 4.74 Å². The molecule has 1 aromatic heterocycles. The summed E-state index contributed by atoms with van der Waals surface area (Å²) >= 11 is 1.52. The standard InChI is InChI=1S/C21H22F3NOS/c1-20(27-18-4-2-3-17(10-18)21(22,23)24)7-8-26-19(11-20)16-9-15(12-25-13-16)14-5-6-14/h2-4,9-10,12-14,19H,5-8,11H2,1H3. The first-order valence-corrected chi connectivity index (χ1v) is 10.1. The summed E-state index contributed by atoms with van der Waals surface area (Å²) in [5.74, 6) is 0.631. The number of hydrogen-bond acceptors (Lipinski definition) is 3. The molecular formula is C21H22F3NOS. The Morgan fingerprint density at radius 3 is 2.67 bits per heavy atom. The Balaban J connectivity index is 1.51. The highest BCUT2D eigenvalue weighted by Crippen LogP contribution is 2.47. The highest BCUT2D eigenvalue weighted by Gasteiger charge is 2.36. The van der Waals surface area contributed by atoms with Crippen molar-refractivity contribution in [1.29, 1.82) is 0 Å². The van der Waals surface area contributed by atoms with E-state index in [1.54, 1.807) is 6.07 Å². The van der Waals surface area contributed by atoms with Gasteiger partial charge in [-0.3, -0.25) is 4.98 Å². The van der Waals surface area contributed by atoms with Gasteiger partial charge in [-0.25, -0.2) is 0 Å². The van der Waals surface area contributed by atoms with Crippen molar-refractivity contribution in [3.05, 3.63) is 59.4 Å². The molecule has 2 aromatic rings. The van der Waals surface area contributed by atoms with E-state index in [9.17, 15) is 13.2 Å². The first-order valence-electron chi connectivity index (χ1n) is 9.25. The van der Waals surface area contributed by atoms with E-state index in [1.807, 2.05) is 12.4 Å². The zero-order chi connectivity index (χ0) is 19.1. The molecule has 1 saturated heterocycles. The molecule has 0 amide bonds. The van der Waals surface area contributed by atoms with Crippen molar-refractivity contribution in [2.45, 2.75) is 60.4 Å². The summed E-state index contributed by atoms with van der Waals surface area (Å²) in [6, 6.07) is 7.79. The van der Waals surface area contributed by atoms with Crippen LogP contribution in [0.15, 0.2) is 47.6 Å². The van der Waals surface area contributed by atoms with Crippen LogP contribution in [0.25, 0.3) is 0 Å². The van der Waals surface area contributed by atoms with Gasteiger partial charge in [0, 0.05) is 28.6 Å². The molecule has 1 aromatic carbocycles. The Bertz CT molecular complexity index is 821. The van der Waals surface area contributed by atoms with E-state index in [-0.39, 0.29) is 10.9 Å². The fourth-order valence-corrected chi connectivity index (χ4v) is 4.91. The lowest BCUT2D eigenvalue weighted by molar-refractivity contribution is -0.137. The summed E-state index contributed by atoms with van der Waals surface area (Å²) in [5, 5.41) is 0. The fraction of sp³-hybridized carbons (Fsp3) is 0.476. The van der Waals surface area contributed by atoms with Crippen LogP contribution in [-0.2, 0) is 10.9 Å². The van der Waals surface area contributed by atoms with Crippen molar-refractivity contribution in [2.24, 2.45) is 0 Å². The third kappa shape index (κ3) is 4.49. The van der Waals surface area contributed by atoms with E-state index in [0.29, 0.717) is 17.4 Å². The Hall–Kier alpha value is -1.53. The van der Waals surface area contributed by atoms with Crippen molar-refractivity contribution in [1.82, 2.24) is 4.98 Å². The SMILES string of the molecule is CC1(Sc2cccc(C(F)(F)F)c2)CCOC(c2cncc(C3CC3)c2)C1. The third-order valence-electron chi connectivity index (χ3n) is 5.29. The molecule has 144 valence electrons. The third-order valence-corrected chi connectivity index (χ3v) is 6.65. The Labute approximate surface area is 161 Å². The minimum atomic E-state index is -4.31. The molecule has 4 rings (SSSR count). The van der Waals surface area contributed by atoms with E-state index >= 15 is 0 Å². The van der Waals surface area contributed by atoms with Crippen molar-refractivity contribution in [2.75, 3.05) is 6.61 Å². The van der Waals surface area contributed by atoms with Crippen LogP contribution in [-0.4, -0.2) is 16.3 Å². The van der Waals surface area contributed by atoms with Crippen LogP contribution in [0.3, 0.4) is 0 Å². The summed E-state index contributed by atoms with van der Waals surface area (Å²) in [6.45, 7) is 2.71. The summed E-state index contributed by atoms with van der Waals surface area (Å²) in [7, 11) is 0. The molecule has 2 unspecified atom stereocenters. The predicted octanol–water partition coefficient (Wildman–Crippen LogP) is 6.38. The molecule has 2 nitrogen and oxygen atoms in total. The van der Waals surface area contributed by atoms with Crippen LogP contribution in [0.5, 0.6) is 0 Å². The van der Waals surface area contributed by atoms with E-state index in [2.05, 4.69) is 18.0 Å². The molecule has 0 N–H and O–H groups in total. The molecule has 2 heterocycles. The maximum atomic E-state index is 13.0. The molecule has 2 aliphatic rings. The van der Waals surface area contributed by atoms with Gasteiger partial charge in [0.1, 0.15) is 0 Å². The number of thioether (sulfide) groups is 1. The van der Waals surface area contributed by atoms with Gasteiger partial charge in [-0.2, -0.15) is 13.2 Å². The molecule has 1 aliphatic carbocycles. The number of aromatic nitrogens is 1. The van der Waals surface area contributed by atoms with Gasteiger partial charge < -0.3 is 4.74 Å². The topological polar surface area (TPSA) is 22.1 Å². The zero-order valence-electron chi connectivity index (χ0n) is 15.1. The molecule has 2 fully saturated rings. The van der Waals surface area contributed by atoms with Gasteiger partial charge in [-0.1, -0.05) is 6.07 Å². The average Bonchev–Trinajstić information content (AvgIpc) is 3.46. The van der Waals surface area contributed by atoms with Crippen molar-refractivity contribution in [3.8, 4) is 0 Å². The second-order valence-electron chi connectivity index (χ2n) is 7.72. The largest absolute Gasteiger partial charge is 0.416 e. The number of rotatable bonds is 4. The van der Waals surface area contributed by atoms with Gasteiger partial charge in [0.2, 0.25) is 0 Å². The van der Waals surface area contributed by atoms with E-state index in [0.717, 1.165) is 24.5 Å². The smallest absolute Gasteiger partial charge is 0.373 e. The number of ether oxygens (including phenoxy) is 1. The van der Waals surface area contributed by atoms with E-state index in [1.165, 1.54) is 42.3 Å². The van der Waals surface area contributed by atoms with Gasteiger partial charge in [-0.15, -0.1) is 11.8 Å². The molecule has 2 atom stereocenters. The van der Waals surface area contributed by atoms with E-state index < -0.39 is 11.7 Å². The van der Waals surface area contributed by atoms with Crippen LogP contribution >= 0.6 is 11.8 Å². The molecule has 6 heteroatoms. The molecule has 0 spiro atoms. The number of hydrogen-bond donors (Lipinski definition) is 0. The van der Waals surface area contributed by atoms with Crippen molar-refractivity contribution >= 4 is 11.8 Å². The summed E-state index contributed by atoms with van der Waals surface area (Å²) in [6.07, 6.45) is 3.42. The van der Waals surface area contributed by atoms with Gasteiger partial charge in [0.15, 0.2) is 0 Å². The lowest BCUT2D eigenvalue weighted by atomic mass is 9.92. The van der Waals surface area contributed by atoms with Crippen LogP contribution in [0.4, 0.5) is 13.2 Å². The zero-order valence-corrected chi connectivity index (χ0v) is 15.9. The minimum absolute atomic E-state index is 0.0618. The second-order valence-corrected chi connectivity index (χ2v) is 9.38. The van der Waals surface area contributed by atoms with Gasteiger partial charge in [0.05, 0.1) is 11.7 Å². The lowest BCUT2D eigenvalue weighted by Gasteiger charge is -2.38. The van der Waals surface area contributed by atoms with Crippen LogP contribution in [0.1, 0.15) is 61.3 Å². The fourth-order valence-electron chi connectivity index (χ4n) is 3.59. The quantitative estimate of drug-likeness (QED) is 0.602. The Morgan fingerprint density at radius 1 is 1.15 bits per heavy atom. The van der Waals surface area contributed by atoms with Gasteiger partial charge >= 0.3 is 6.18 Å². The second kappa shape index (κ2) is 7.13. The minimum Gasteiger partial charge on any atom is -0.373 e. The molecule has 0 radical (unpaired) electrons. The van der Waals surface area contributed by atoms with Gasteiger partial charge in [-0.05, 0) is 73.9 Å². The first kappa shape index (κ1) is 18.8.